The van der Waals surface area contributed by atoms with Gasteiger partial charge in [-0.25, -0.2) is 8.42 Å². The predicted molar refractivity (Wildman–Crippen MR) is 110 cm³/mol. The number of nitrogens with zero attached hydrogens (tertiary/aromatic N) is 2. The zero-order chi connectivity index (χ0) is 21.5. The van der Waals surface area contributed by atoms with Gasteiger partial charge in [-0.1, -0.05) is 30.3 Å². The molecule has 0 fully saturated rings. The fraction of sp³-hybridized carbons (Fsp3) is 0.136. The fourth-order valence-corrected chi connectivity index (χ4v) is 5.04. The van der Waals surface area contributed by atoms with Crippen LogP contribution >= 0.6 is 0 Å². The Kier molecular flexibility index (Phi) is 4.97. The Morgan fingerprint density at radius 1 is 1.07 bits per heavy atom. The average molecular weight is 422 g/mol. The van der Waals surface area contributed by atoms with E-state index in [1.54, 1.807) is 54.9 Å². The van der Waals surface area contributed by atoms with Crippen molar-refractivity contribution in [1.29, 1.82) is 0 Å². The SMILES string of the molecule is COc1ccncc1-c1cccc(C(=O)C2C(=O)c3ccccc3S(=O)(=O)N2C)c1. The van der Waals surface area contributed by atoms with Crippen LogP contribution in [0.15, 0.2) is 71.9 Å². The third-order valence-electron chi connectivity index (χ3n) is 5.13. The van der Waals surface area contributed by atoms with E-state index in [4.69, 9.17) is 4.74 Å². The van der Waals surface area contributed by atoms with Crippen LogP contribution in [0.4, 0.5) is 0 Å². The van der Waals surface area contributed by atoms with Crippen molar-refractivity contribution < 1.29 is 22.7 Å². The van der Waals surface area contributed by atoms with E-state index in [2.05, 4.69) is 4.98 Å². The molecular weight excluding hydrogens is 404 g/mol. The summed E-state index contributed by atoms with van der Waals surface area (Å²) in [4.78, 5) is 30.3. The maximum absolute atomic E-state index is 13.3. The van der Waals surface area contributed by atoms with Crippen molar-refractivity contribution in [1.82, 2.24) is 9.29 Å². The van der Waals surface area contributed by atoms with Gasteiger partial charge in [0.15, 0.2) is 17.6 Å². The molecule has 0 spiro atoms. The summed E-state index contributed by atoms with van der Waals surface area (Å²) in [5, 5.41) is 0. The highest BCUT2D eigenvalue weighted by Crippen LogP contribution is 2.32. The summed E-state index contributed by atoms with van der Waals surface area (Å²) in [7, 11) is -1.18. The van der Waals surface area contributed by atoms with E-state index >= 15 is 0 Å². The van der Waals surface area contributed by atoms with Gasteiger partial charge in [0.05, 0.1) is 12.0 Å². The van der Waals surface area contributed by atoms with Crippen LogP contribution in [0, 0.1) is 0 Å². The third kappa shape index (κ3) is 3.10. The number of pyridine rings is 1. The molecule has 1 unspecified atom stereocenters. The summed E-state index contributed by atoms with van der Waals surface area (Å²) in [5.74, 6) is -0.556. The fourth-order valence-electron chi connectivity index (χ4n) is 3.56. The molecule has 1 aliphatic heterocycles. The van der Waals surface area contributed by atoms with E-state index in [0.29, 0.717) is 16.9 Å². The van der Waals surface area contributed by atoms with Crippen LogP contribution in [-0.4, -0.2) is 49.5 Å². The first-order chi connectivity index (χ1) is 14.4. The van der Waals surface area contributed by atoms with Gasteiger partial charge in [0.1, 0.15) is 5.75 Å². The van der Waals surface area contributed by atoms with Crippen molar-refractivity contribution in [3.63, 3.8) is 0 Å². The predicted octanol–water partition coefficient (Wildman–Crippen LogP) is 2.83. The summed E-state index contributed by atoms with van der Waals surface area (Å²) in [5.41, 5.74) is 1.59. The first kappa shape index (κ1) is 19.9. The highest BCUT2D eigenvalue weighted by molar-refractivity contribution is 7.89. The van der Waals surface area contributed by atoms with Gasteiger partial charge in [-0.05, 0) is 29.8 Å². The summed E-state index contributed by atoms with van der Waals surface area (Å²) < 4.78 is 31.9. The lowest BCUT2D eigenvalue weighted by Gasteiger charge is -2.31. The van der Waals surface area contributed by atoms with Gasteiger partial charge in [-0.15, -0.1) is 0 Å². The van der Waals surface area contributed by atoms with Gasteiger partial charge < -0.3 is 4.74 Å². The van der Waals surface area contributed by atoms with Crippen molar-refractivity contribution in [2.24, 2.45) is 0 Å². The largest absolute Gasteiger partial charge is 0.496 e. The van der Waals surface area contributed by atoms with Crippen LogP contribution in [-0.2, 0) is 10.0 Å². The Morgan fingerprint density at radius 2 is 1.83 bits per heavy atom. The number of Topliss-reactive ketones (excluding diaryl/α,β-unsaturated/α-hetero) is 2. The minimum atomic E-state index is -3.97. The number of benzene rings is 2. The smallest absolute Gasteiger partial charge is 0.244 e. The number of aromatic nitrogens is 1. The number of ketones is 2. The Morgan fingerprint density at radius 3 is 2.60 bits per heavy atom. The van der Waals surface area contributed by atoms with E-state index in [0.717, 1.165) is 4.31 Å². The lowest BCUT2D eigenvalue weighted by atomic mass is 9.94. The van der Waals surface area contributed by atoms with Crippen molar-refractivity contribution in [2.75, 3.05) is 14.2 Å². The number of sulfonamides is 1. The number of fused-ring (bicyclic) bond motifs is 1. The van der Waals surface area contributed by atoms with Crippen LogP contribution < -0.4 is 4.74 Å². The summed E-state index contributed by atoms with van der Waals surface area (Å²) in [6.45, 7) is 0. The molecule has 3 aromatic rings. The molecule has 0 N–H and O–H groups in total. The molecule has 1 aliphatic rings. The third-order valence-corrected chi connectivity index (χ3v) is 7.01. The molecule has 0 saturated heterocycles. The molecule has 30 heavy (non-hydrogen) atoms. The number of hydrogen-bond acceptors (Lipinski definition) is 6. The minimum Gasteiger partial charge on any atom is -0.496 e. The van der Waals surface area contributed by atoms with Crippen LogP contribution in [0.3, 0.4) is 0 Å². The van der Waals surface area contributed by atoms with Gasteiger partial charge >= 0.3 is 0 Å². The van der Waals surface area contributed by atoms with E-state index in [9.17, 15) is 18.0 Å². The first-order valence-electron chi connectivity index (χ1n) is 9.10. The standard InChI is InChI=1S/C22H18N2O5S/c1-24-20(22(26)16-8-3-4-9-19(16)30(24,27)28)21(25)15-7-5-6-14(12-15)17-13-23-11-10-18(17)29-2/h3-13,20H,1-2H3. The second-order valence-corrected chi connectivity index (χ2v) is 8.77. The van der Waals surface area contributed by atoms with E-state index in [1.807, 2.05) is 0 Å². The zero-order valence-corrected chi connectivity index (χ0v) is 17.1. The number of methoxy groups -OCH3 is 1. The number of carbonyl (C=O) groups excluding carboxylic acids is 2. The van der Waals surface area contributed by atoms with Crippen LogP contribution in [0.1, 0.15) is 20.7 Å². The Bertz CT molecular complexity index is 1270. The molecule has 0 radical (unpaired) electrons. The first-order valence-corrected chi connectivity index (χ1v) is 10.5. The monoisotopic (exact) mass is 422 g/mol. The summed E-state index contributed by atoms with van der Waals surface area (Å²) in [6, 6.07) is 12.8. The van der Waals surface area contributed by atoms with E-state index in [1.165, 1.54) is 26.3 Å². The second kappa shape index (κ2) is 7.47. The normalized spacial score (nSPS) is 17.9. The maximum atomic E-state index is 13.3. The van der Waals surface area contributed by atoms with Crippen LogP contribution in [0.2, 0.25) is 0 Å². The Labute approximate surface area is 174 Å². The Balaban J connectivity index is 1.78. The van der Waals surface area contributed by atoms with Gasteiger partial charge in [0.2, 0.25) is 10.0 Å². The van der Waals surface area contributed by atoms with Crippen LogP contribution in [0.5, 0.6) is 5.75 Å². The summed E-state index contributed by atoms with van der Waals surface area (Å²) >= 11 is 0. The van der Waals surface area contributed by atoms with E-state index in [-0.39, 0.29) is 16.0 Å². The quantitative estimate of drug-likeness (QED) is 0.474. The molecule has 4 rings (SSSR count). The maximum Gasteiger partial charge on any atom is 0.244 e. The van der Waals surface area contributed by atoms with Gasteiger partial charge in [0.25, 0.3) is 0 Å². The van der Waals surface area contributed by atoms with Crippen molar-refractivity contribution in [3.05, 3.63) is 78.1 Å². The molecule has 0 bridgehead atoms. The topological polar surface area (TPSA) is 93.6 Å². The lowest BCUT2D eigenvalue weighted by molar-refractivity contribution is 0.0784. The molecular formula is C22H18N2O5S. The number of ether oxygens (including phenoxy) is 1. The van der Waals surface area contributed by atoms with Gasteiger partial charge in [-0.3, -0.25) is 14.6 Å². The Hall–Kier alpha value is -3.36. The van der Waals surface area contributed by atoms with Gasteiger partial charge in [-0.2, -0.15) is 4.31 Å². The average Bonchev–Trinajstić information content (AvgIpc) is 2.78. The second-order valence-electron chi connectivity index (χ2n) is 6.81. The molecule has 1 aromatic heterocycles. The molecule has 1 atom stereocenters. The van der Waals surface area contributed by atoms with Crippen molar-refractivity contribution >= 4 is 21.6 Å². The number of carbonyl (C=O) groups is 2. The molecule has 2 heterocycles. The summed E-state index contributed by atoms with van der Waals surface area (Å²) in [6.07, 6.45) is 3.20. The molecule has 7 nitrogen and oxygen atoms in total. The molecule has 0 aliphatic carbocycles. The molecule has 152 valence electrons. The molecule has 8 heteroatoms. The number of hydrogen-bond donors (Lipinski definition) is 0. The highest BCUT2D eigenvalue weighted by atomic mass is 32.2. The number of likely N-dealkylation sites (N-methyl/N-ethyl adjacent to an activating group) is 1. The van der Waals surface area contributed by atoms with Crippen LogP contribution in [0.25, 0.3) is 11.1 Å². The van der Waals surface area contributed by atoms with Crippen molar-refractivity contribution in [2.45, 2.75) is 10.9 Å². The lowest BCUT2D eigenvalue weighted by Crippen LogP contribution is -2.51. The molecule has 0 saturated carbocycles. The van der Waals surface area contributed by atoms with Gasteiger partial charge in [0, 0.05) is 36.1 Å². The zero-order valence-electron chi connectivity index (χ0n) is 16.3. The van der Waals surface area contributed by atoms with Crippen molar-refractivity contribution in [3.8, 4) is 16.9 Å². The minimum absolute atomic E-state index is 0.0269. The van der Waals surface area contributed by atoms with E-state index < -0.39 is 27.6 Å². The molecule has 0 amide bonds. The highest BCUT2D eigenvalue weighted by Gasteiger charge is 2.45. The number of rotatable bonds is 4. The molecule has 2 aromatic carbocycles.